The van der Waals surface area contributed by atoms with Crippen LogP contribution in [0.1, 0.15) is 99.3 Å². The van der Waals surface area contributed by atoms with Gasteiger partial charge in [-0.05, 0) is 49.9 Å². The molecule has 0 radical (unpaired) electrons. The molecule has 2 heterocycles. The van der Waals surface area contributed by atoms with Crippen molar-refractivity contribution >= 4 is 11.9 Å². The van der Waals surface area contributed by atoms with Crippen molar-refractivity contribution in [2.75, 3.05) is 6.61 Å². The first-order chi connectivity index (χ1) is 15.0. The topological polar surface area (TPSA) is 71.1 Å². The fourth-order valence-corrected chi connectivity index (χ4v) is 8.06. The maximum Gasteiger partial charge on any atom is 0.311 e. The third-order valence-corrected chi connectivity index (χ3v) is 9.27. The van der Waals surface area contributed by atoms with E-state index in [0.717, 1.165) is 51.4 Å². The molecule has 6 heteroatoms. The van der Waals surface area contributed by atoms with Crippen LogP contribution in [-0.2, 0) is 28.5 Å². The van der Waals surface area contributed by atoms with Gasteiger partial charge in [0.05, 0.1) is 18.6 Å². The van der Waals surface area contributed by atoms with Gasteiger partial charge in [0, 0.05) is 18.3 Å². The van der Waals surface area contributed by atoms with Gasteiger partial charge in [-0.15, -0.1) is 0 Å². The molecule has 0 aromatic heterocycles. The van der Waals surface area contributed by atoms with E-state index in [4.69, 9.17) is 18.9 Å². The van der Waals surface area contributed by atoms with Crippen molar-refractivity contribution in [1.82, 2.24) is 0 Å². The van der Waals surface area contributed by atoms with Gasteiger partial charge in [0.1, 0.15) is 11.7 Å². The number of unbranched alkanes of at least 4 members (excludes halogenated alkanes) is 1. The van der Waals surface area contributed by atoms with Crippen molar-refractivity contribution in [3.8, 4) is 0 Å². The molecule has 0 bridgehead atoms. The lowest BCUT2D eigenvalue weighted by atomic mass is 9.43. The van der Waals surface area contributed by atoms with E-state index >= 15 is 0 Å². The zero-order valence-corrected chi connectivity index (χ0v) is 20.8. The number of ether oxygens (including phenoxy) is 4. The van der Waals surface area contributed by atoms with Crippen LogP contribution in [0.5, 0.6) is 0 Å². The van der Waals surface area contributed by atoms with Crippen molar-refractivity contribution in [2.24, 2.45) is 22.7 Å². The summed E-state index contributed by atoms with van der Waals surface area (Å²) in [5.41, 5.74) is -1.21. The van der Waals surface area contributed by atoms with E-state index < -0.39 is 11.9 Å². The van der Waals surface area contributed by atoms with Crippen LogP contribution in [0.15, 0.2) is 0 Å². The molecule has 4 rings (SSSR count). The molecule has 2 spiro atoms. The molecule has 2 saturated carbocycles. The average molecular weight is 451 g/mol. The summed E-state index contributed by atoms with van der Waals surface area (Å²) in [6.07, 6.45) is 7.21. The Morgan fingerprint density at radius 1 is 1.16 bits per heavy atom. The van der Waals surface area contributed by atoms with E-state index in [0.29, 0.717) is 6.61 Å². The maximum absolute atomic E-state index is 12.4. The number of carbonyl (C=O) groups excluding carboxylic acids is 2. The van der Waals surface area contributed by atoms with Crippen LogP contribution >= 0.6 is 0 Å². The molecule has 2 aliphatic heterocycles. The number of carbonyl (C=O) groups is 2. The van der Waals surface area contributed by atoms with Crippen LogP contribution < -0.4 is 0 Å². The predicted molar refractivity (Wildman–Crippen MR) is 120 cm³/mol. The minimum Gasteiger partial charge on any atom is -0.462 e. The van der Waals surface area contributed by atoms with Crippen molar-refractivity contribution in [2.45, 2.75) is 123 Å². The molecule has 182 valence electrons. The summed E-state index contributed by atoms with van der Waals surface area (Å²) in [7, 11) is 0. The van der Waals surface area contributed by atoms with E-state index in [-0.39, 0.29) is 52.7 Å². The van der Waals surface area contributed by atoms with Gasteiger partial charge >= 0.3 is 11.9 Å². The van der Waals surface area contributed by atoms with Gasteiger partial charge in [0.15, 0.2) is 0 Å². The van der Waals surface area contributed by atoms with Crippen LogP contribution in [0.25, 0.3) is 0 Å². The van der Waals surface area contributed by atoms with Crippen molar-refractivity contribution < 1.29 is 28.5 Å². The van der Waals surface area contributed by atoms with Gasteiger partial charge in [-0.3, -0.25) is 9.59 Å². The second-order valence-electron chi connectivity index (χ2n) is 11.8. The van der Waals surface area contributed by atoms with E-state index in [1.165, 1.54) is 6.92 Å². The molecule has 2 saturated heterocycles. The summed E-state index contributed by atoms with van der Waals surface area (Å²) in [4.78, 5) is 24.4. The highest BCUT2D eigenvalue weighted by Gasteiger charge is 2.72. The summed E-state index contributed by atoms with van der Waals surface area (Å²) < 4.78 is 24.8. The smallest absolute Gasteiger partial charge is 0.311 e. The summed E-state index contributed by atoms with van der Waals surface area (Å²) >= 11 is 0. The lowest BCUT2D eigenvalue weighted by Crippen LogP contribution is -2.67. The number of esters is 2. The molecular formula is C26H42O6. The summed E-state index contributed by atoms with van der Waals surface area (Å²) in [5, 5.41) is 0. The van der Waals surface area contributed by atoms with Gasteiger partial charge < -0.3 is 18.9 Å². The molecule has 0 amide bonds. The quantitative estimate of drug-likeness (QED) is 0.425. The fraction of sp³-hybridized carbons (Fsp3) is 0.923. The molecular weight excluding hydrogens is 408 g/mol. The van der Waals surface area contributed by atoms with Crippen LogP contribution in [0, 0.1) is 22.7 Å². The Morgan fingerprint density at radius 2 is 1.91 bits per heavy atom. The Morgan fingerprint density at radius 3 is 2.59 bits per heavy atom. The Hall–Kier alpha value is -1.14. The Balaban J connectivity index is 1.69. The highest BCUT2D eigenvalue weighted by molar-refractivity contribution is 5.73. The Kier molecular flexibility index (Phi) is 6.20. The number of hydrogen-bond donors (Lipinski definition) is 0. The SMILES string of the molecule is CCCCOC1OC(=O)CC12CCC1(O2)C(C)CC(OC(C)=O)C2C(C)(C)CCCC21C. The van der Waals surface area contributed by atoms with E-state index in [9.17, 15) is 9.59 Å². The molecule has 0 aromatic carbocycles. The second kappa shape index (κ2) is 8.26. The molecule has 2 aliphatic carbocycles. The predicted octanol–water partition coefficient (Wildman–Crippen LogP) is 5.17. The first-order valence-electron chi connectivity index (χ1n) is 12.7. The molecule has 7 unspecified atom stereocenters. The third kappa shape index (κ3) is 3.60. The van der Waals surface area contributed by atoms with Crippen LogP contribution in [-0.4, -0.2) is 42.1 Å². The standard InChI is InChI=1S/C26H42O6/c1-7-8-14-29-22-25(16-20(28)31-22)12-13-26(32-25)17(2)15-19(30-18(3)27)21-23(4,5)10-9-11-24(21,26)6/h17,19,21-22H,7-16H2,1-6H3. The Bertz CT molecular complexity index is 749. The molecule has 0 aromatic rings. The largest absolute Gasteiger partial charge is 0.462 e. The third-order valence-electron chi connectivity index (χ3n) is 9.27. The first-order valence-corrected chi connectivity index (χ1v) is 12.7. The highest BCUT2D eigenvalue weighted by Crippen LogP contribution is 2.69. The summed E-state index contributed by atoms with van der Waals surface area (Å²) in [5.74, 6) is -0.0230. The van der Waals surface area contributed by atoms with Gasteiger partial charge in [-0.2, -0.15) is 0 Å². The molecule has 4 aliphatic rings. The number of rotatable bonds is 5. The van der Waals surface area contributed by atoms with Gasteiger partial charge in [-0.1, -0.05) is 47.5 Å². The second-order valence-corrected chi connectivity index (χ2v) is 11.8. The molecule has 6 nitrogen and oxygen atoms in total. The molecule has 0 N–H and O–H groups in total. The fourth-order valence-electron chi connectivity index (χ4n) is 8.06. The highest BCUT2D eigenvalue weighted by atomic mass is 16.7. The average Bonchev–Trinajstić information content (AvgIpc) is 3.21. The minimum absolute atomic E-state index is 0.0401. The number of cyclic esters (lactones) is 1. The van der Waals surface area contributed by atoms with Crippen LogP contribution in [0.4, 0.5) is 0 Å². The van der Waals surface area contributed by atoms with Gasteiger partial charge in [-0.25, -0.2) is 0 Å². The van der Waals surface area contributed by atoms with Crippen molar-refractivity contribution in [3.63, 3.8) is 0 Å². The zero-order chi connectivity index (χ0) is 23.4. The lowest BCUT2D eigenvalue weighted by molar-refractivity contribution is -0.295. The van der Waals surface area contributed by atoms with Gasteiger partial charge in [0.25, 0.3) is 0 Å². The van der Waals surface area contributed by atoms with E-state index in [1.807, 2.05) is 0 Å². The van der Waals surface area contributed by atoms with Crippen molar-refractivity contribution in [3.05, 3.63) is 0 Å². The maximum atomic E-state index is 12.4. The minimum atomic E-state index is -0.706. The normalized spacial score (nSPS) is 45.1. The molecule has 7 atom stereocenters. The number of hydrogen-bond acceptors (Lipinski definition) is 6. The van der Waals surface area contributed by atoms with E-state index in [1.54, 1.807) is 0 Å². The lowest BCUT2D eigenvalue weighted by Gasteiger charge is -2.65. The molecule has 4 fully saturated rings. The van der Waals surface area contributed by atoms with Gasteiger partial charge in [0.2, 0.25) is 6.29 Å². The Labute approximate surface area is 193 Å². The first kappa shape index (κ1) is 24.0. The summed E-state index contributed by atoms with van der Waals surface area (Å²) in [6, 6.07) is 0. The van der Waals surface area contributed by atoms with Crippen LogP contribution in [0.3, 0.4) is 0 Å². The van der Waals surface area contributed by atoms with Crippen LogP contribution in [0.2, 0.25) is 0 Å². The van der Waals surface area contributed by atoms with E-state index in [2.05, 4.69) is 34.6 Å². The number of fused-ring (bicyclic) bond motifs is 2. The monoisotopic (exact) mass is 450 g/mol. The molecule has 32 heavy (non-hydrogen) atoms. The van der Waals surface area contributed by atoms with Crippen molar-refractivity contribution in [1.29, 1.82) is 0 Å². The zero-order valence-electron chi connectivity index (χ0n) is 20.8. The summed E-state index contributed by atoms with van der Waals surface area (Å²) in [6.45, 7) is 13.4.